The Morgan fingerprint density at radius 1 is 0.368 bits per heavy atom. The summed E-state index contributed by atoms with van der Waals surface area (Å²) in [5.74, 6) is -0.997. The van der Waals surface area contributed by atoms with E-state index < -0.39 is 6.10 Å². The molecule has 0 heterocycles. The molecule has 0 aliphatic carbocycles. The summed E-state index contributed by atoms with van der Waals surface area (Å²) in [5, 5.41) is 0. The highest BCUT2D eigenvalue weighted by atomic mass is 16.6. The molecule has 0 spiro atoms. The molecule has 0 bridgehead atoms. The van der Waals surface area contributed by atoms with Gasteiger partial charge in [0.2, 0.25) is 0 Å². The van der Waals surface area contributed by atoms with Gasteiger partial charge in [-0.3, -0.25) is 14.4 Å². The minimum Gasteiger partial charge on any atom is -0.462 e. The highest BCUT2D eigenvalue weighted by molar-refractivity contribution is 5.71. The third-order valence-electron chi connectivity index (χ3n) is 9.38. The van der Waals surface area contributed by atoms with Gasteiger partial charge in [0.15, 0.2) is 6.10 Å². The van der Waals surface area contributed by atoms with Gasteiger partial charge in [-0.1, -0.05) is 170 Å². The van der Waals surface area contributed by atoms with Gasteiger partial charge in [0, 0.05) is 19.3 Å². The topological polar surface area (TPSA) is 78.9 Å². The van der Waals surface area contributed by atoms with Crippen molar-refractivity contribution in [2.75, 3.05) is 13.2 Å². The van der Waals surface area contributed by atoms with Crippen LogP contribution in [0.15, 0.2) is 85.1 Å². The van der Waals surface area contributed by atoms with Gasteiger partial charge in [-0.15, -0.1) is 0 Å². The Bertz CT molecular complexity index is 1140. The maximum absolute atomic E-state index is 12.7. The highest BCUT2D eigenvalue weighted by Crippen LogP contribution is 2.12. The summed E-state index contributed by atoms with van der Waals surface area (Å²) >= 11 is 0. The number of rotatable bonds is 40. The minimum atomic E-state index is -0.809. The van der Waals surface area contributed by atoms with Crippen LogP contribution >= 0.6 is 0 Å². The number of allylic oxidation sites excluding steroid dienone is 14. The lowest BCUT2D eigenvalue weighted by Crippen LogP contribution is -2.30. The standard InChI is InChI=1S/C51H84O6/c1-4-7-10-13-16-19-21-23-25-27-29-32-35-38-41-44-50(53)56-47-48(46-55-49(52)43-40-37-34-31-18-15-12-9-6-3)57-51(54)45-42-39-36-33-30-28-26-24-22-20-17-14-11-8-5-2/h7,10,16-17,19-20,23-26,29-30,32-33,48H,4-6,8-9,11-15,18,21-22,27-28,31,34-47H2,1-3H3/b10-7-,19-16-,20-17-,25-23-,26-24-,32-29-,33-30-/t48-/m1/s1. The van der Waals surface area contributed by atoms with Crippen molar-refractivity contribution in [2.24, 2.45) is 0 Å². The maximum atomic E-state index is 12.7. The van der Waals surface area contributed by atoms with E-state index in [2.05, 4.69) is 106 Å². The average Bonchev–Trinajstić information content (AvgIpc) is 3.21. The van der Waals surface area contributed by atoms with Crippen molar-refractivity contribution < 1.29 is 28.6 Å². The minimum absolute atomic E-state index is 0.105. The van der Waals surface area contributed by atoms with E-state index in [4.69, 9.17) is 14.2 Å². The van der Waals surface area contributed by atoms with Gasteiger partial charge in [0.25, 0.3) is 0 Å². The summed E-state index contributed by atoms with van der Waals surface area (Å²) < 4.78 is 16.6. The summed E-state index contributed by atoms with van der Waals surface area (Å²) in [6.07, 6.45) is 57.1. The van der Waals surface area contributed by atoms with Gasteiger partial charge >= 0.3 is 17.9 Å². The van der Waals surface area contributed by atoms with E-state index in [1.807, 2.05) is 0 Å². The molecule has 6 nitrogen and oxygen atoms in total. The van der Waals surface area contributed by atoms with E-state index in [1.165, 1.54) is 64.2 Å². The lowest BCUT2D eigenvalue weighted by atomic mass is 10.1. The molecule has 0 amide bonds. The molecule has 0 N–H and O–H groups in total. The third kappa shape index (κ3) is 43.6. The Kier molecular flexibility index (Phi) is 42.6. The zero-order chi connectivity index (χ0) is 41.5. The second-order valence-corrected chi connectivity index (χ2v) is 14.9. The summed E-state index contributed by atoms with van der Waals surface area (Å²) in [4.78, 5) is 37.7. The van der Waals surface area contributed by atoms with Crippen LogP contribution < -0.4 is 0 Å². The number of hydrogen-bond acceptors (Lipinski definition) is 6. The number of esters is 3. The monoisotopic (exact) mass is 793 g/mol. The van der Waals surface area contributed by atoms with Crippen LogP contribution in [-0.2, 0) is 28.6 Å². The molecule has 0 saturated heterocycles. The molecule has 1 atom stereocenters. The van der Waals surface area contributed by atoms with E-state index in [0.29, 0.717) is 19.3 Å². The lowest BCUT2D eigenvalue weighted by Gasteiger charge is -2.18. The number of hydrogen-bond donors (Lipinski definition) is 0. The molecule has 0 aliphatic heterocycles. The molecular weight excluding hydrogens is 709 g/mol. The first-order valence-corrected chi connectivity index (χ1v) is 23.1. The van der Waals surface area contributed by atoms with Gasteiger partial charge in [0.1, 0.15) is 13.2 Å². The summed E-state index contributed by atoms with van der Waals surface area (Å²) in [7, 11) is 0. The van der Waals surface area contributed by atoms with Crippen molar-refractivity contribution in [3.8, 4) is 0 Å². The quantitative estimate of drug-likeness (QED) is 0.0266. The molecule has 324 valence electrons. The summed E-state index contributed by atoms with van der Waals surface area (Å²) in [5.41, 5.74) is 0. The zero-order valence-corrected chi connectivity index (χ0v) is 36.8. The Balaban J connectivity index is 4.51. The van der Waals surface area contributed by atoms with Crippen molar-refractivity contribution in [2.45, 2.75) is 207 Å². The summed E-state index contributed by atoms with van der Waals surface area (Å²) in [6, 6.07) is 0. The fourth-order valence-corrected chi connectivity index (χ4v) is 5.91. The molecule has 6 heteroatoms. The molecule has 0 unspecified atom stereocenters. The predicted octanol–water partition coefficient (Wildman–Crippen LogP) is 14.9. The molecule has 57 heavy (non-hydrogen) atoms. The van der Waals surface area contributed by atoms with Crippen molar-refractivity contribution >= 4 is 17.9 Å². The highest BCUT2D eigenvalue weighted by Gasteiger charge is 2.19. The number of unbranched alkanes of at least 4 members (excludes halogenated alkanes) is 15. The third-order valence-corrected chi connectivity index (χ3v) is 9.38. The smallest absolute Gasteiger partial charge is 0.306 e. The van der Waals surface area contributed by atoms with Crippen molar-refractivity contribution in [1.29, 1.82) is 0 Å². The van der Waals surface area contributed by atoms with Gasteiger partial charge in [0.05, 0.1) is 0 Å². The first-order chi connectivity index (χ1) is 28.0. The maximum Gasteiger partial charge on any atom is 0.306 e. The number of ether oxygens (including phenoxy) is 3. The predicted molar refractivity (Wildman–Crippen MR) is 242 cm³/mol. The van der Waals surface area contributed by atoms with E-state index in [-0.39, 0.29) is 37.5 Å². The SMILES string of the molecule is CC/C=C\C/C=C\C/C=C\C/C=C\CCCCC(=O)OC[C@@H](COC(=O)CCCCCCCCCCC)OC(=O)CCCC/C=C\C/C=C\C/C=C\CCCCC. The fourth-order valence-electron chi connectivity index (χ4n) is 5.91. The van der Waals surface area contributed by atoms with Gasteiger partial charge in [-0.05, 0) is 96.3 Å². The van der Waals surface area contributed by atoms with Crippen LogP contribution in [0.25, 0.3) is 0 Å². The van der Waals surface area contributed by atoms with Crippen LogP contribution in [0.2, 0.25) is 0 Å². The molecule has 0 radical (unpaired) electrons. The van der Waals surface area contributed by atoms with Gasteiger partial charge in [-0.25, -0.2) is 0 Å². The van der Waals surface area contributed by atoms with Crippen LogP contribution in [0.1, 0.15) is 201 Å². The van der Waals surface area contributed by atoms with Crippen LogP contribution in [0.4, 0.5) is 0 Å². The normalized spacial score (nSPS) is 12.8. The number of carbonyl (C=O) groups excluding carboxylic acids is 3. The Hall–Kier alpha value is -3.41. The molecule has 0 fully saturated rings. The Morgan fingerprint density at radius 3 is 1.11 bits per heavy atom. The van der Waals surface area contributed by atoms with E-state index in [0.717, 1.165) is 89.9 Å². The van der Waals surface area contributed by atoms with Crippen LogP contribution in [0.3, 0.4) is 0 Å². The Morgan fingerprint density at radius 2 is 0.684 bits per heavy atom. The van der Waals surface area contributed by atoms with E-state index in [1.54, 1.807) is 0 Å². The molecule has 0 rings (SSSR count). The average molecular weight is 793 g/mol. The molecule has 0 aromatic heterocycles. The first kappa shape index (κ1) is 53.6. The van der Waals surface area contributed by atoms with Crippen LogP contribution in [-0.4, -0.2) is 37.2 Å². The molecule has 0 aromatic rings. The zero-order valence-electron chi connectivity index (χ0n) is 36.8. The van der Waals surface area contributed by atoms with E-state index >= 15 is 0 Å². The molecule has 0 aliphatic rings. The van der Waals surface area contributed by atoms with Crippen LogP contribution in [0.5, 0.6) is 0 Å². The lowest BCUT2D eigenvalue weighted by molar-refractivity contribution is -0.167. The molecular formula is C51H84O6. The first-order valence-electron chi connectivity index (χ1n) is 23.1. The molecule has 0 saturated carbocycles. The van der Waals surface area contributed by atoms with Crippen molar-refractivity contribution in [3.05, 3.63) is 85.1 Å². The second kappa shape index (κ2) is 45.3. The van der Waals surface area contributed by atoms with Gasteiger partial charge < -0.3 is 14.2 Å². The number of carbonyl (C=O) groups is 3. The fraction of sp³-hybridized carbons (Fsp3) is 0.667. The van der Waals surface area contributed by atoms with Crippen molar-refractivity contribution in [1.82, 2.24) is 0 Å². The van der Waals surface area contributed by atoms with Crippen LogP contribution in [0, 0.1) is 0 Å². The second-order valence-electron chi connectivity index (χ2n) is 14.9. The van der Waals surface area contributed by atoms with Crippen molar-refractivity contribution in [3.63, 3.8) is 0 Å². The molecule has 0 aromatic carbocycles. The van der Waals surface area contributed by atoms with Gasteiger partial charge in [-0.2, -0.15) is 0 Å². The van der Waals surface area contributed by atoms with E-state index in [9.17, 15) is 14.4 Å². The Labute approximate surface area is 350 Å². The summed E-state index contributed by atoms with van der Waals surface area (Å²) in [6.45, 7) is 6.38. The largest absolute Gasteiger partial charge is 0.462 e.